The van der Waals surface area contributed by atoms with Crippen molar-refractivity contribution >= 4 is 5.97 Å². The summed E-state index contributed by atoms with van der Waals surface area (Å²) in [5.41, 5.74) is -4.90. The van der Waals surface area contributed by atoms with Crippen LogP contribution in [0.15, 0.2) is 36.4 Å². The summed E-state index contributed by atoms with van der Waals surface area (Å²) in [5.74, 6) is -12.2. The number of quaternary nitrogens is 1. The van der Waals surface area contributed by atoms with Gasteiger partial charge in [-0.1, -0.05) is 0 Å². The van der Waals surface area contributed by atoms with Gasteiger partial charge >= 0.3 is 5.97 Å². The van der Waals surface area contributed by atoms with Crippen LogP contribution < -0.4 is 0 Å². The molecule has 2 aromatic carbocycles. The van der Waals surface area contributed by atoms with Crippen molar-refractivity contribution in [3.63, 3.8) is 0 Å². The zero-order valence-corrected chi connectivity index (χ0v) is 17.6. The number of halogens is 6. The predicted molar refractivity (Wildman–Crippen MR) is 104 cm³/mol. The monoisotopic (exact) mass is 472 g/mol. The molecule has 2 bridgehead atoms. The molecule has 2 aliphatic rings. The number of hydrogen-bond acceptors (Lipinski definition) is 3. The van der Waals surface area contributed by atoms with Crippen LogP contribution in [0.5, 0.6) is 0 Å². The van der Waals surface area contributed by atoms with Gasteiger partial charge < -0.3 is 14.3 Å². The second-order valence-corrected chi connectivity index (χ2v) is 8.87. The average Bonchev–Trinajstić information content (AvgIpc) is 2.91. The van der Waals surface area contributed by atoms with Crippen LogP contribution in [-0.4, -0.2) is 47.8 Å². The number of hydrogen-bond donors (Lipinski definition) is 1. The first kappa shape index (κ1) is 23.3. The standard InChI is InChI=1S/C23H20F6NO3/c1-30(2)13-3-4-14(30)10-15(9-13)33-22(31)23(32,11-5-16(24)20(28)17(25)6-11)12-7-18(26)21(29)19(27)8-12/h3-8,13-15,32H,9-10H2,1-2H3/q+1. The average molecular weight is 472 g/mol. The van der Waals surface area contributed by atoms with E-state index in [-0.39, 0.29) is 12.1 Å². The Labute approximate surface area is 185 Å². The van der Waals surface area contributed by atoms with Gasteiger partial charge in [-0.3, -0.25) is 0 Å². The van der Waals surface area contributed by atoms with Crippen LogP contribution in [0.3, 0.4) is 0 Å². The van der Waals surface area contributed by atoms with Gasteiger partial charge in [0.15, 0.2) is 34.9 Å². The maximum absolute atomic E-state index is 13.9. The number of carbonyl (C=O) groups is 1. The summed E-state index contributed by atoms with van der Waals surface area (Å²) < 4.78 is 88.8. The van der Waals surface area contributed by atoms with Gasteiger partial charge in [0.25, 0.3) is 0 Å². The molecule has 33 heavy (non-hydrogen) atoms. The predicted octanol–water partition coefficient (Wildman–Crippen LogP) is 3.85. The highest BCUT2D eigenvalue weighted by molar-refractivity contribution is 5.85. The van der Waals surface area contributed by atoms with Crippen LogP contribution in [-0.2, 0) is 15.1 Å². The van der Waals surface area contributed by atoms with Gasteiger partial charge in [0, 0.05) is 24.0 Å². The molecule has 0 radical (unpaired) electrons. The first-order chi connectivity index (χ1) is 15.4. The minimum absolute atomic E-state index is 0.00365. The molecule has 1 fully saturated rings. The van der Waals surface area contributed by atoms with Gasteiger partial charge in [0.2, 0.25) is 5.60 Å². The summed E-state index contributed by atoms with van der Waals surface area (Å²) in [7, 11) is 4.00. The molecule has 10 heteroatoms. The molecule has 1 N–H and O–H groups in total. The van der Waals surface area contributed by atoms with Crippen LogP contribution in [0.2, 0.25) is 0 Å². The van der Waals surface area contributed by atoms with Crippen LogP contribution >= 0.6 is 0 Å². The molecule has 2 aliphatic heterocycles. The van der Waals surface area contributed by atoms with Crippen molar-refractivity contribution in [2.75, 3.05) is 14.1 Å². The van der Waals surface area contributed by atoms with Gasteiger partial charge in [0.05, 0.1) is 14.1 Å². The van der Waals surface area contributed by atoms with E-state index in [9.17, 15) is 36.2 Å². The third-order valence-corrected chi connectivity index (χ3v) is 6.65. The number of ether oxygens (including phenoxy) is 1. The van der Waals surface area contributed by atoms with Crippen molar-refractivity contribution in [2.24, 2.45) is 0 Å². The van der Waals surface area contributed by atoms with Gasteiger partial charge in [0.1, 0.15) is 18.2 Å². The highest BCUT2D eigenvalue weighted by Gasteiger charge is 2.50. The lowest BCUT2D eigenvalue weighted by molar-refractivity contribution is -0.926. The Bertz CT molecular complexity index is 1040. The number of aliphatic hydroxyl groups is 1. The quantitative estimate of drug-likeness (QED) is 0.242. The van der Waals surface area contributed by atoms with Crippen molar-refractivity contribution in [1.29, 1.82) is 0 Å². The first-order valence-electron chi connectivity index (χ1n) is 10.1. The van der Waals surface area contributed by atoms with E-state index in [1.807, 2.05) is 26.2 Å². The van der Waals surface area contributed by atoms with E-state index in [1.54, 1.807) is 0 Å². The normalized spacial score (nSPS) is 23.6. The molecule has 2 aromatic rings. The minimum atomic E-state index is -3.15. The third-order valence-electron chi connectivity index (χ3n) is 6.65. The van der Waals surface area contributed by atoms with Gasteiger partial charge in [-0.2, -0.15) is 0 Å². The fourth-order valence-electron chi connectivity index (χ4n) is 4.55. The molecule has 0 aliphatic carbocycles. The Hall–Kier alpha value is -2.85. The molecule has 2 unspecified atom stereocenters. The summed E-state index contributed by atoms with van der Waals surface area (Å²) >= 11 is 0. The number of esters is 1. The molecule has 4 rings (SSSR count). The molecular formula is C23H20F6NO3+. The van der Waals surface area contributed by atoms with Crippen molar-refractivity contribution < 1.29 is 45.5 Å². The minimum Gasteiger partial charge on any atom is -0.459 e. The van der Waals surface area contributed by atoms with E-state index in [4.69, 9.17) is 4.74 Å². The lowest BCUT2D eigenvalue weighted by Crippen LogP contribution is -2.57. The maximum atomic E-state index is 13.9. The molecule has 2 atom stereocenters. The van der Waals surface area contributed by atoms with E-state index in [1.165, 1.54) is 0 Å². The van der Waals surface area contributed by atoms with Crippen LogP contribution in [0, 0.1) is 34.9 Å². The molecule has 176 valence electrons. The number of rotatable bonds is 4. The number of nitrogens with zero attached hydrogens (tertiary/aromatic N) is 1. The highest BCUT2D eigenvalue weighted by atomic mass is 19.2. The van der Waals surface area contributed by atoms with Crippen LogP contribution in [0.25, 0.3) is 0 Å². The number of likely N-dealkylation sites (N-methyl/N-ethyl adjacent to an activating group) is 1. The van der Waals surface area contributed by atoms with Crippen LogP contribution in [0.1, 0.15) is 24.0 Å². The SMILES string of the molecule is C[N+]1(C)C2C=CC1CC(OC(=O)C(O)(c1cc(F)c(F)c(F)c1)c1cc(F)c(F)c(F)c1)C2. The highest BCUT2D eigenvalue weighted by Crippen LogP contribution is 2.39. The van der Waals surface area contributed by atoms with Crippen molar-refractivity contribution in [2.45, 2.75) is 36.6 Å². The summed E-state index contributed by atoms with van der Waals surface area (Å²) in [5, 5.41) is 11.3. The second kappa shape index (κ2) is 7.88. The van der Waals surface area contributed by atoms with E-state index in [2.05, 4.69) is 0 Å². The molecule has 1 saturated heterocycles. The van der Waals surface area contributed by atoms with E-state index in [0.29, 0.717) is 41.6 Å². The molecule has 0 aromatic heterocycles. The molecule has 0 saturated carbocycles. The van der Waals surface area contributed by atoms with Crippen molar-refractivity contribution in [1.82, 2.24) is 0 Å². The van der Waals surface area contributed by atoms with Gasteiger partial charge in [-0.25, -0.2) is 31.1 Å². The third kappa shape index (κ3) is 3.71. The Balaban J connectivity index is 1.76. The van der Waals surface area contributed by atoms with E-state index < -0.39 is 63.7 Å². The zero-order chi connectivity index (χ0) is 24.3. The second-order valence-electron chi connectivity index (χ2n) is 8.87. The fourth-order valence-corrected chi connectivity index (χ4v) is 4.55. The Morgan fingerprint density at radius 2 is 1.21 bits per heavy atom. The molecular weight excluding hydrogens is 452 g/mol. The lowest BCUT2D eigenvalue weighted by atomic mass is 9.85. The zero-order valence-electron chi connectivity index (χ0n) is 17.6. The summed E-state index contributed by atoms with van der Waals surface area (Å²) in [6.07, 6.45) is 3.94. The van der Waals surface area contributed by atoms with E-state index in [0.717, 1.165) is 0 Å². The summed E-state index contributed by atoms with van der Waals surface area (Å²) in [6.45, 7) is 0. The fraction of sp³-hybridized carbons (Fsp3) is 0.348. The largest absolute Gasteiger partial charge is 0.459 e. The number of benzene rings is 2. The van der Waals surface area contributed by atoms with Gasteiger partial charge in [-0.15, -0.1) is 0 Å². The van der Waals surface area contributed by atoms with E-state index >= 15 is 0 Å². The summed E-state index contributed by atoms with van der Waals surface area (Å²) in [4.78, 5) is 13.2. The molecule has 2 heterocycles. The first-order valence-corrected chi connectivity index (χ1v) is 10.1. The number of piperidine rings is 1. The Morgan fingerprint density at radius 3 is 1.58 bits per heavy atom. The van der Waals surface area contributed by atoms with Crippen LogP contribution in [0.4, 0.5) is 26.3 Å². The molecule has 0 amide bonds. The Kier molecular flexibility index (Phi) is 5.57. The number of carbonyl (C=O) groups excluding carboxylic acids is 1. The smallest absolute Gasteiger partial charge is 0.347 e. The van der Waals surface area contributed by atoms with Crippen molar-refractivity contribution in [3.8, 4) is 0 Å². The molecule has 4 nitrogen and oxygen atoms in total. The summed E-state index contributed by atoms with van der Waals surface area (Å²) in [6, 6.07) is 1.23. The maximum Gasteiger partial charge on any atom is 0.347 e. The Morgan fingerprint density at radius 1 is 0.848 bits per heavy atom. The van der Waals surface area contributed by atoms with Gasteiger partial charge in [-0.05, 0) is 36.4 Å². The lowest BCUT2D eigenvalue weighted by Gasteiger charge is -2.44. The molecule has 0 spiro atoms. The number of fused-ring (bicyclic) bond motifs is 2. The topological polar surface area (TPSA) is 46.5 Å². The van der Waals surface area contributed by atoms with Crippen molar-refractivity contribution in [3.05, 3.63) is 82.4 Å².